The van der Waals surface area contributed by atoms with Gasteiger partial charge in [-0.1, -0.05) is 23.2 Å². The summed E-state index contributed by atoms with van der Waals surface area (Å²) in [5.74, 6) is 0.379. The molecule has 6 nitrogen and oxygen atoms in total. The maximum atomic E-state index is 13.1. The molecule has 1 fully saturated rings. The zero-order valence-electron chi connectivity index (χ0n) is 14.8. The van der Waals surface area contributed by atoms with Crippen LogP contribution >= 0.6 is 23.2 Å². The van der Waals surface area contributed by atoms with Crippen molar-refractivity contribution in [1.29, 1.82) is 0 Å². The van der Waals surface area contributed by atoms with E-state index in [4.69, 9.17) is 23.2 Å². The number of benzene rings is 2. The highest BCUT2D eigenvalue weighted by Gasteiger charge is 2.15. The van der Waals surface area contributed by atoms with E-state index in [0.29, 0.717) is 15.9 Å². The lowest BCUT2D eigenvalue weighted by molar-refractivity contribution is 0.351. The molecule has 4 rings (SSSR count). The fraction of sp³-hybridized carbons (Fsp3) is 0.211. The zero-order valence-corrected chi connectivity index (χ0v) is 16.4. The molecule has 0 amide bonds. The van der Waals surface area contributed by atoms with Crippen LogP contribution in [0.3, 0.4) is 0 Å². The zero-order chi connectivity index (χ0) is 19.5. The van der Waals surface area contributed by atoms with Gasteiger partial charge in [0, 0.05) is 44.1 Å². The number of tetrazole rings is 1. The van der Waals surface area contributed by atoms with E-state index in [1.807, 2.05) is 30.5 Å². The lowest BCUT2D eigenvalue weighted by Gasteiger charge is -2.35. The first-order valence-corrected chi connectivity index (χ1v) is 9.52. The van der Waals surface area contributed by atoms with E-state index >= 15 is 0 Å². The van der Waals surface area contributed by atoms with Crippen molar-refractivity contribution in [1.82, 2.24) is 25.1 Å². The maximum absolute atomic E-state index is 13.1. The molecule has 0 atom stereocenters. The number of nitrogens with zero attached hydrogens (tertiary/aromatic N) is 6. The van der Waals surface area contributed by atoms with Crippen LogP contribution in [-0.4, -0.2) is 51.3 Å². The van der Waals surface area contributed by atoms with Gasteiger partial charge in [0.2, 0.25) is 0 Å². The molecule has 2 heterocycles. The number of aromatic nitrogens is 4. The van der Waals surface area contributed by atoms with Crippen LogP contribution in [0.1, 0.15) is 5.82 Å². The van der Waals surface area contributed by atoms with E-state index in [2.05, 4.69) is 25.3 Å². The first-order chi connectivity index (χ1) is 13.6. The first-order valence-electron chi connectivity index (χ1n) is 8.77. The number of rotatable bonds is 4. The molecule has 0 radical (unpaired) electrons. The van der Waals surface area contributed by atoms with Crippen LogP contribution in [0.15, 0.2) is 48.7 Å². The fourth-order valence-electron chi connectivity index (χ4n) is 3.05. The summed E-state index contributed by atoms with van der Waals surface area (Å²) in [5, 5.41) is 12.8. The normalized spacial score (nSPS) is 14.8. The van der Waals surface area contributed by atoms with Crippen molar-refractivity contribution in [3.63, 3.8) is 0 Å². The Kier molecular flexibility index (Phi) is 5.45. The third kappa shape index (κ3) is 4.10. The SMILES string of the molecule is Fc1ccc(N2CCN(C=Cc3nnnn3-c3ccc(Cl)c(Cl)c3)CC2)cc1. The largest absolute Gasteiger partial charge is 0.374 e. The Balaban J connectivity index is 1.41. The second-order valence-corrected chi connectivity index (χ2v) is 7.18. The van der Waals surface area contributed by atoms with Gasteiger partial charge in [-0.3, -0.25) is 0 Å². The second-order valence-electron chi connectivity index (χ2n) is 6.36. The Hall–Kier alpha value is -2.64. The number of hydrogen-bond donors (Lipinski definition) is 0. The van der Waals surface area contributed by atoms with E-state index in [1.54, 1.807) is 16.8 Å². The van der Waals surface area contributed by atoms with Gasteiger partial charge in [-0.05, 0) is 52.9 Å². The quantitative estimate of drug-likeness (QED) is 0.642. The highest BCUT2D eigenvalue weighted by Crippen LogP contribution is 2.24. The van der Waals surface area contributed by atoms with Crippen LogP contribution in [0.25, 0.3) is 11.8 Å². The summed E-state index contributed by atoms with van der Waals surface area (Å²) < 4.78 is 14.7. The summed E-state index contributed by atoms with van der Waals surface area (Å²) in [5.41, 5.74) is 1.77. The smallest absolute Gasteiger partial charge is 0.181 e. The summed E-state index contributed by atoms with van der Waals surface area (Å²) >= 11 is 12.1. The predicted octanol–water partition coefficient (Wildman–Crippen LogP) is 3.90. The molecule has 144 valence electrons. The molecule has 9 heteroatoms. The van der Waals surface area contributed by atoms with Crippen LogP contribution in [0.2, 0.25) is 10.0 Å². The van der Waals surface area contributed by atoms with Gasteiger partial charge in [-0.25, -0.2) is 4.39 Å². The first kappa shape index (κ1) is 18.7. The maximum Gasteiger partial charge on any atom is 0.181 e. The van der Waals surface area contributed by atoms with Gasteiger partial charge in [0.25, 0.3) is 0 Å². The standard InChI is InChI=1S/C19H17Cl2FN6/c20-17-6-5-16(13-18(17)21)28-19(23-24-25-28)7-8-26-9-11-27(12-10-26)15-3-1-14(22)2-4-15/h1-8,13H,9-12H2. The van der Waals surface area contributed by atoms with Crippen LogP contribution < -0.4 is 4.90 Å². The molecule has 2 aromatic carbocycles. The molecule has 0 bridgehead atoms. The highest BCUT2D eigenvalue weighted by atomic mass is 35.5. The average molecular weight is 419 g/mol. The van der Waals surface area contributed by atoms with E-state index in [1.165, 1.54) is 12.1 Å². The van der Waals surface area contributed by atoms with Gasteiger partial charge >= 0.3 is 0 Å². The van der Waals surface area contributed by atoms with Crippen LogP contribution in [0.5, 0.6) is 0 Å². The van der Waals surface area contributed by atoms with Crippen molar-refractivity contribution in [2.75, 3.05) is 31.1 Å². The second kappa shape index (κ2) is 8.16. The van der Waals surface area contributed by atoms with Crippen molar-refractivity contribution < 1.29 is 4.39 Å². The molecule has 0 saturated carbocycles. The van der Waals surface area contributed by atoms with Crippen LogP contribution in [0, 0.1) is 5.82 Å². The molecule has 3 aromatic rings. The fourth-order valence-corrected chi connectivity index (χ4v) is 3.34. The van der Waals surface area contributed by atoms with Gasteiger partial charge in [0.05, 0.1) is 15.7 Å². The van der Waals surface area contributed by atoms with Gasteiger partial charge in [0.15, 0.2) is 5.82 Å². The minimum Gasteiger partial charge on any atom is -0.374 e. The predicted molar refractivity (Wildman–Crippen MR) is 108 cm³/mol. The number of piperazine rings is 1. The van der Waals surface area contributed by atoms with Crippen LogP contribution in [0.4, 0.5) is 10.1 Å². The Bertz CT molecular complexity index is 980. The minimum absolute atomic E-state index is 0.218. The van der Waals surface area contributed by atoms with Crippen molar-refractivity contribution in [3.8, 4) is 5.69 Å². The molecule has 0 N–H and O–H groups in total. The Morgan fingerprint density at radius 1 is 0.893 bits per heavy atom. The molecular weight excluding hydrogens is 402 g/mol. The topological polar surface area (TPSA) is 50.1 Å². The van der Waals surface area contributed by atoms with E-state index in [9.17, 15) is 4.39 Å². The summed E-state index contributed by atoms with van der Waals surface area (Å²) in [7, 11) is 0. The molecule has 1 aliphatic heterocycles. The Morgan fingerprint density at radius 2 is 1.61 bits per heavy atom. The monoisotopic (exact) mass is 418 g/mol. The Labute approximate surface area is 171 Å². The third-order valence-corrected chi connectivity index (χ3v) is 5.32. The summed E-state index contributed by atoms with van der Waals surface area (Å²) in [6.45, 7) is 3.41. The number of anilines is 1. The number of hydrogen-bond acceptors (Lipinski definition) is 5. The van der Waals surface area contributed by atoms with Gasteiger partial charge in [-0.2, -0.15) is 4.68 Å². The number of halogens is 3. The van der Waals surface area contributed by atoms with Crippen molar-refractivity contribution in [3.05, 3.63) is 70.4 Å². The van der Waals surface area contributed by atoms with E-state index in [-0.39, 0.29) is 5.82 Å². The average Bonchev–Trinajstić information content (AvgIpc) is 3.18. The van der Waals surface area contributed by atoms with E-state index < -0.39 is 0 Å². The van der Waals surface area contributed by atoms with Crippen molar-refractivity contribution in [2.24, 2.45) is 0 Å². The molecule has 1 aromatic heterocycles. The molecule has 0 aliphatic carbocycles. The third-order valence-electron chi connectivity index (χ3n) is 4.58. The lowest BCUT2D eigenvalue weighted by Crippen LogP contribution is -2.44. The highest BCUT2D eigenvalue weighted by molar-refractivity contribution is 6.42. The molecule has 0 spiro atoms. The molecule has 1 aliphatic rings. The van der Waals surface area contributed by atoms with Gasteiger partial charge in [0.1, 0.15) is 5.82 Å². The van der Waals surface area contributed by atoms with Gasteiger partial charge in [-0.15, -0.1) is 5.10 Å². The van der Waals surface area contributed by atoms with Gasteiger partial charge < -0.3 is 9.80 Å². The van der Waals surface area contributed by atoms with Crippen molar-refractivity contribution in [2.45, 2.75) is 0 Å². The summed E-state index contributed by atoms with van der Waals surface area (Å²) in [6.07, 6.45) is 3.86. The van der Waals surface area contributed by atoms with Crippen molar-refractivity contribution >= 4 is 35.0 Å². The molecule has 0 unspecified atom stereocenters. The molecule has 1 saturated heterocycles. The lowest BCUT2D eigenvalue weighted by atomic mass is 10.2. The summed E-state index contributed by atoms with van der Waals surface area (Å²) in [6, 6.07) is 11.8. The minimum atomic E-state index is -0.218. The summed E-state index contributed by atoms with van der Waals surface area (Å²) in [4.78, 5) is 4.44. The van der Waals surface area contributed by atoms with Crippen LogP contribution in [-0.2, 0) is 0 Å². The Morgan fingerprint density at radius 3 is 2.32 bits per heavy atom. The molecular formula is C19H17Cl2FN6. The molecule has 28 heavy (non-hydrogen) atoms. The van der Waals surface area contributed by atoms with E-state index in [0.717, 1.165) is 37.6 Å².